The van der Waals surface area contributed by atoms with E-state index in [1.54, 1.807) is 60.9 Å². The summed E-state index contributed by atoms with van der Waals surface area (Å²) in [4.78, 5) is 60.2. The summed E-state index contributed by atoms with van der Waals surface area (Å²) in [7, 11) is 0. The molecule has 1 fully saturated rings. The van der Waals surface area contributed by atoms with Crippen molar-refractivity contribution in [2.24, 2.45) is 5.92 Å². The van der Waals surface area contributed by atoms with Crippen LogP contribution in [0.1, 0.15) is 35.3 Å². The Labute approximate surface area is 227 Å². The average molecular weight is 533 g/mol. The summed E-state index contributed by atoms with van der Waals surface area (Å²) in [5, 5.41) is 2.68. The monoisotopic (exact) mass is 532 g/mol. The number of aromatic amines is 1. The summed E-state index contributed by atoms with van der Waals surface area (Å²) in [5.74, 6) is -2.14. The highest BCUT2D eigenvalue weighted by molar-refractivity contribution is 6.24. The predicted molar refractivity (Wildman–Crippen MR) is 146 cm³/mol. The minimum atomic E-state index is -0.760. The molecular weight excluding hydrogens is 508 g/mol. The Morgan fingerprint density at radius 2 is 1.40 bits per heavy atom. The largest absolute Gasteiger partial charge is 0.352 e. The van der Waals surface area contributed by atoms with Crippen molar-refractivity contribution in [1.29, 1.82) is 0 Å². The quantitative estimate of drug-likeness (QED) is 0.350. The number of fused-ring (bicyclic) bond motifs is 3. The second-order valence-electron chi connectivity index (χ2n) is 10.1. The van der Waals surface area contributed by atoms with E-state index in [0.29, 0.717) is 29.3 Å². The van der Waals surface area contributed by atoms with Gasteiger partial charge in [-0.05, 0) is 36.2 Å². The van der Waals surface area contributed by atoms with Gasteiger partial charge < -0.3 is 4.57 Å². The van der Waals surface area contributed by atoms with E-state index in [1.165, 1.54) is 9.58 Å². The van der Waals surface area contributed by atoms with Gasteiger partial charge in [-0.15, -0.1) is 0 Å². The molecule has 0 bridgehead atoms. The summed E-state index contributed by atoms with van der Waals surface area (Å²) in [6.45, 7) is 0.433. The molecule has 1 saturated heterocycles. The fourth-order valence-corrected chi connectivity index (χ4v) is 6.00. The first kappa shape index (κ1) is 23.8. The summed E-state index contributed by atoms with van der Waals surface area (Å²) in [5.41, 5.74) is 1.85. The number of imidazole rings is 1. The summed E-state index contributed by atoms with van der Waals surface area (Å²) >= 11 is 0. The standard InChI is InChI=1S/C30H24N6O4/c37-27-22-16-23(36-30(40)35(29(39)32-36)21-14-8-3-9-15-21)25-26(33(18-31-25)17-19-10-4-1-5-11-19)24(22)28(38)34(27)20-12-6-2-7-13-20/h1-15,18,22-24H,16-17H2,(H,32,39)/t22-,23-,24-/m0/s1. The maximum atomic E-state index is 13.9. The number of benzene rings is 3. The number of carbonyl (C=O) groups is 2. The maximum absolute atomic E-state index is 13.9. The molecule has 40 heavy (non-hydrogen) atoms. The van der Waals surface area contributed by atoms with Crippen molar-refractivity contribution < 1.29 is 9.59 Å². The van der Waals surface area contributed by atoms with E-state index < -0.39 is 29.3 Å². The number of hydrogen-bond donors (Lipinski definition) is 1. The lowest BCUT2D eigenvalue weighted by Crippen LogP contribution is -2.36. The van der Waals surface area contributed by atoms with Gasteiger partial charge in [-0.1, -0.05) is 66.7 Å². The molecule has 0 unspecified atom stereocenters. The number of carbonyl (C=O) groups excluding carboxylic acids is 2. The molecule has 0 saturated carbocycles. The Bertz CT molecular complexity index is 1850. The number of para-hydroxylation sites is 2. The van der Waals surface area contributed by atoms with Crippen LogP contribution in [0.15, 0.2) is 107 Å². The number of rotatable bonds is 5. The van der Waals surface area contributed by atoms with Crippen molar-refractivity contribution in [3.8, 4) is 5.69 Å². The van der Waals surface area contributed by atoms with Crippen molar-refractivity contribution in [2.75, 3.05) is 4.90 Å². The minimum absolute atomic E-state index is 0.141. The van der Waals surface area contributed by atoms with E-state index in [2.05, 4.69) is 10.1 Å². The summed E-state index contributed by atoms with van der Waals surface area (Å²) in [6.07, 6.45) is 1.79. The van der Waals surface area contributed by atoms with Crippen LogP contribution in [-0.2, 0) is 16.1 Å². The van der Waals surface area contributed by atoms with Crippen molar-refractivity contribution in [3.05, 3.63) is 135 Å². The van der Waals surface area contributed by atoms with E-state index in [-0.39, 0.29) is 18.2 Å². The number of imide groups is 1. The Morgan fingerprint density at radius 1 is 0.775 bits per heavy atom. The zero-order valence-electron chi connectivity index (χ0n) is 21.3. The molecule has 10 heteroatoms. The first-order chi connectivity index (χ1) is 19.5. The van der Waals surface area contributed by atoms with Crippen LogP contribution >= 0.6 is 0 Å². The second kappa shape index (κ2) is 9.19. The first-order valence-electron chi connectivity index (χ1n) is 13.0. The smallest absolute Gasteiger partial charge is 0.329 e. The topological polar surface area (TPSA) is 115 Å². The molecule has 10 nitrogen and oxygen atoms in total. The third-order valence-electron chi connectivity index (χ3n) is 7.77. The van der Waals surface area contributed by atoms with Gasteiger partial charge in [-0.3, -0.25) is 9.59 Å². The Balaban J connectivity index is 1.39. The number of nitrogens with one attached hydrogen (secondary N) is 1. The summed E-state index contributed by atoms with van der Waals surface area (Å²) in [6, 6.07) is 26.5. The molecule has 7 rings (SSSR count). The van der Waals surface area contributed by atoms with Crippen LogP contribution in [0.5, 0.6) is 0 Å². The molecule has 3 heterocycles. The number of amides is 2. The highest BCUT2D eigenvalue weighted by atomic mass is 16.2. The van der Waals surface area contributed by atoms with Gasteiger partial charge in [0.2, 0.25) is 11.8 Å². The second-order valence-corrected chi connectivity index (χ2v) is 10.1. The predicted octanol–water partition coefficient (Wildman–Crippen LogP) is 2.84. The fraction of sp³-hybridized carbons (Fsp3) is 0.167. The maximum Gasteiger partial charge on any atom is 0.352 e. The van der Waals surface area contributed by atoms with E-state index in [9.17, 15) is 19.2 Å². The molecule has 2 aliphatic rings. The van der Waals surface area contributed by atoms with Crippen molar-refractivity contribution in [1.82, 2.24) is 23.9 Å². The third-order valence-corrected chi connectivity index (χ3v) is 7.77. The Morgan fingerprint density at radius 3 is 2.08 bits per heavy atom. The molecule has 1 N–H and O–H groups in total. The highest BCUT2D eigenvalue weighted by Gasteiger charge is 2.55. The number of aromatic nitrogens is 5. The van der Waals surface area contributed by atoms with Crippen LogP contribution < -0.4 is 16.3 Å². The van der Waals surface area contributed by atoms with Crippen LogP contribution in [0.3, 0.4) is 0 Å². The number of nitrogens with zero attached hydrogens (tertiary/aromatic N) is 5. The molecule has 0 spiro atoms. The van der Waals surface area contributed by atoms with Crippen molar-refractivity contribution in [2.45, 2.75) is 24.9 Å². The van der Waals surface area contributed by atoms with E-state index >= 15 is 0 Å². The van der Waals surface area contributed by atoms with Gasteiger partial charge in [0.1, 0.15) is 0 Å². The van der Waals surface area contributed by atoms with E-state index in [0.717, 1.165) is 10.1 Å². The zero-order chi connectivity index (χ0) is 27.4. The summed E-state index contributed by atoms with van der Waals surface area (Å²) < 4.78 is 4.18. The van der Waals surface area contributed by atoms with Gasteiger partial charge in [-0.2, -0.15) is 0 Å². The van der Waals surface area contributed by atoms with Crippen molar-refractivity contribution >= 4 is 17.5 Å². The van der Waals surface area contributed by atoms with Gasteiger partial charge in [0, 0.05) is 6.54 Å². The first-order valence-corrected chi connectivity index (χ1v) is 13.0. The molecule has 1 aliphatic heterocycles. The van der Waals surface area contributed by atoms with E-state index in [1.807, 2.05) is 41.0 Å². The molecule has 3 aromatic carbocycles. The van der Waals surface area contributed by atoms with Crippen molar-refractivity contribution in [3.63, 3.8) is 0 Å². The van der Waals surface area contributed by atoms with Crippen LogP contribution in [0, 0.1) is 5.92 Å². The highest BCUT2D eigenvalue weighted by Crippen LogP contribution is 2.48. The average Bonchev–Trinajstić information content (AvgIpc) is 3.61. The lowest BCUT2D eigenvalue weighted by Gasteiger charge is -2.29. The lowest BCUT2D eigenvalue weighted by atomic mass is 9.78. The van der Waals surface area contributed by atoms with Gasteiger partial charge in [0.15, 0.2) is 0 Å². The normalized spacial score (nSPS) is 20.0. The Kier molecular flexibility index (Phi) is 5.48. The van der Waals surface area contributed by atoms with Gasteiger partial charge in [0.25, 0.3) is 0 Å². The van der Waals surface area contributed by atoms with Crippen LogP contribution in [0.4, 0.5) is 5.69 Å². The fourth-order valence-electron chi connectivity index (χ4n) is 6.00. The number of H-pyrrole nitrogens is 1. The molecular formula is C30H24N6O4. The molecule has 5 aromatic rings. The zero-order valence-corrected chi connectivity index (χ0v) is 21.3. The lowest BCUT2D eigenvalue weighted by molar-refractivity contribution is -0.122. The van der Waals surface area contributed by atoms with Gasteiger partial charge in [0.05, 0.1) is 47.0 Å². The van der Waals surface area contributed by atoms with Gasteiger partial charge in [-0.25, -0.2) is 33.8 Å². The number of anilines is 1. The SMILES string of the molecule is O=C1[C@H]2C[C@H](n3[nH]c(=O)n(-c4ccccc4)c3=O)c3ncn(Cc4ccccc4)c3[C@H]2C(=O)N1c1ccccc1. The number of hydrogen-bond acceptors (Lipinski definition) is 5. The molecule has 2 amide bonds. The Hall–Kier alpha value is -5.25. The van der Waals surface area contributed by atoms with E-state index in [4.69, 9.17) is 0 Å². The molecule has 0 radical (unpaired) electrons. The minimum Gasteiger partial charge on any atom is -0.329 e. The molecule has 198 valence electrons. The van der Waals surface area contributed by atoms with Gasteiger partial charge >= 0.3 is 11.4 Å². The van der Waals surface area contributed by atoms with Crippen LogP contribution in [-0.4, -0.2) is 35.7 Å². The molecule has 1 aliphatic carbocycles. The molecule has 2 aromatic heterocycles. The van der Waals surface area contributed by atoms with Crippen LogP contribution in [0.25, 0.3) is 5.69 Å². The third kappa shape index (κ3) is 3.60. The van der Waals surface area contributed by atoms with Crippen LogP contribution in [0.2, 0.25) is 0 Å². The molecule has 3 atom stereocenters.